The molecule has 3 aromatic rings. The van der Waals surface area contributed by atoms with E-state index in [-0.39, 0.29) is 28.8 Å². The summed E-state index contributed by atoms with van der Waals surface area (Å²) in [4.78, 5) is 64.4. The van der Waals surface area contributed by atoms with Gasteiger partial charge in [0.15, 0.2) is 34.9 Å². The quantitative estimate of drug-likeness (QED) is 0.0968. The van der Waals surface area contributed by atoms with Crippen LogP contribution in [0.3, 0.4) is 0 Å². The fourth-order valence-electron chi connectivity index (χ4n) is 4.06. The minimum absolute atomic E-state index is 0.0135. The summed E-state index contributed by atoms with van der Waals surface area (Å²) in [5, 5.41) is 29.0. The molecular weight excluding hydrogens is 597 g/mol. The zero-order chi connectivity index (χ0) is 29.6. The van der Waals surface area contributed by atoms with Crippen LogP contribution in [0.25, 0.3) is 10.2 Å². The summed E-state index contributed by atoms with van der Waals surface area (Å²) < 4.78 is 2.62. The zero-order valence-electron chi connectivity index (χ0n) is 21.4. The number of pyridine rings is 1. The first-order chi connectivity index (χ1) is 19.4. The molecule has 0 radical (unpaired) electrons. The molecule has 0 saturated carbocycles. The first kappa shape index (κ1) is 28.2. The topological polar surface area (TPSA) is 230 Å². The van der Waals surface area contributed by atoms with Gasteiger partial charge in [-0.3, -0.25) is 14.5 Å². The number of carboxylic acid groups (broad SMARTS) is 2. The minimum Gasteiger partial charge on any atom is -0.543 e. The molecule has 1 unspecified atom stereocenters. The zero-order valence-corrected chi connectivity index (χ0v) is 23.8. The summed E-state index contributed by atoms with van der Waals surface area (Å²) in [6.45, 7) is 2.64. The summed E-state index contributed by atoms with van der Waals surface area (Å²) in [7, 11) is 0. The molecule has 41 heavy (non-hydrogen) atoms. The molecule has 18 heteroatoms. The molecule has 1 fully saturated rings. The largest absolute Gasteiger partial charge is 0.543 e. The minimum atomic E-state index is -1.77. The molecular formula is C23H22N8O7S3. The third-order valence-corrected chi connectivity index (χ3v) is 9.04. The molecule has 2 atom stereocenters. The predicted octanol–water partition coefficient (Wildman–Crippen LogP) is -1.11. The second-order valence-corrected chi connectivity index (χ2v) is 12.5. The van der Waals surface area contributed by atoms with Crippen molar-refractivity contribution >= 4 is 84.4 Å². The number of nitrogens with one attached hydrogen (secondary N) is 1. The smallest absolute Gasteiger partial charge is 0.350 e. The van der Waals surface area contributed by atoms with Gasteiger partial charge in [-0.15, -0.1) is 23.1 Å². The first-order valence-electron chi connectivity index (χ1n) is 11.8. The normalized spacial score (nSPS) is 19.1. The van der Waals surface area contributed by atoms with Gasteiger partial charge in [0.1, 0.15) is 22.6 Å². The van der Waals surface area contributed by atoms with Crippen LogP contribution in [0.1, 0.15) is 19.5 Å². The molecule has 0 spiro atoms. The van der Waals surface area contributed by atoms with Crippen LogP contribution in [-0.2, 0) is 30.6 Å². The number of hydrogen-bond donors (Lipinski definition) is 4. The Morgan fingerprint density at radius 3 is 2.73 bits per heavy atom. The Labute approximate surface area is 243 Å². The first-order valence-corrected chi connectivity index (χ1v) is 14.5. The van der Waals surface area contributed by atoms with Gasteiger partial charge in [0.05, 0.1) is 16.4 Å². The number of carbonyl (C=O) groups excluding carboxylic acids is 3. The number of hydrogen-bond acceptors (Lipinski definition) is 14. The van der Waals surface area contributed by atoms with Crippen LogP contribution >= 0.6 is 34.4 Å². The second kappa shape index (κ2) is 10.6. The molecule has 1 saturated heterocycles. The Bertz CT molecular complexity index is 1660. The number of rotatable bonds is 9. The third kappa shape index (κ3) is 5.40. The van der Waals surface area contributed by atoms with Crippen LogP contribution in [0.15, 0.2) is 40.3 Å². The molecule has 2 amide bonds. The highest BCUT2D eigenvalue weighted by molar-refractivity contribution is 8.00. The number of thioether (sulfide) groups is 1. The highest BCUT2D eigenvalue weighted by Gasteiger charge is 2.53. The van der Waals surface area contributed by atoms with Gasteiger partial charge in [-0.1, -0.05) is 16.5 Å². The molecule has 6 N–H and O–H groups in total. The summed E-state index contributed by atoms with van der Waals surface area (Å²) in [5.74, 6) is -4.15. The highest BCUT2D eigenvalue weighted by atomic mass is 32.2. The highest BCUT2D eigenvalue weighted by Crippen LogP contribution is 2.40. The van der Waals surface area contributed by atoms with Gasteiger partial charge in [-0.25, -0.2) is 14.8 Å². The van der Waals surface area contributed by atoms with Crippen molar-refractivity contribution in [1.82, 2.24) is 20.2 Å². The van der Waals surface area contributed by atoms with E-state index in [1.165, 1.54) is 42.3 Å². The average molecular weight is 619 g/mol. The lowest BCUT2D eigenvalue weighted by molar-refractivity contribution is -0.687. The lowest BCUT2D eigenvalue weighted by Crippen LogP contribution is -2.71. The standard InChI is InChI=1S/C23H22N8O7S3/c1-23(2,20(36)37)38-29-13(11-8-40-21(24)27-11)16(32)28-14-17(33)31-15(19(34)35)9(7-39-18(14)31)5-30-4-3-12-10(6-30)26-22(25)41-12/h3-4,6,8,14,18H,5,7H2,1-2H3,(H6-,24,25,26,27,28,32,34,35,36,37)/t14?,18-/m0/s1. The Balaban J connectivity index is 1.36. The summed E-state index contributed by atoms with van der Waals surface area (Å²) in [5.41, 5.74) is 10.1. The number of aromatic nitrogens is 3. The number of nitrogen functional groups attached to an aromatic ring is 2. The lowest BCUT2D eigenvalue weighted by Gasteiger charge is -2.50. The van der Waals surface area contributed by atoms with E-state index in [0.29, 0.717) is 16.2 Å². The van der Waals surface area contributed by atoms with E-state index in [4.69, 9.17) is 16.3 Å². The van der Waals surface area contributed by atoms with Crippen LogP contribution in [0.2, 0.25) is 0 Å². The maximum atomic E-state index is 13.2. The molecule has 3 aromatic heterocycles. The number of carboxylic acids is 2. The number of oxime groups is 1. The second-order valence-electron chi connectivity index (χ2n) is 9.44. The van der Waals surface area contributed by atoms with E-state index in [1.54, 1.807) is 17.0 Å². The van der Waals surface area contributed by atoms with Gasteiger partial charge < -0.3 is 36.6 Å². The molecule has 214 valence electrons. The molecule has 5 rings (SSSR count). The fraction of sp³-hybridized carbons (Fsp3) is 0.304. The van der Waals surface area contributed by atoms with Crippen molar-refractivity contribution in [3.63, 3.8) is 0 Å². The van der Waals surface area contributed by atoms with E-state index < -0.39 is 46.5 Å². The van der Waals surface area contributed by atoms with Gasteiger partial charge in [0, 0.05) is 22.8 Å². The maximum Gasteiger partial charge on any atom is 0.350 e. The maximum absolute atomic E-state index is 13.2. The molecule has 0 aliphatic carbocycles. The van der Waals surface area contributed by atoms with E-state index >= 15 is 0 Å². The van der Waals surface area contributed by atoms with Crippen molar-refractivity contribution in [3.8, 4) is 0 Å². The van der Waals surface area contributed by atoms with Crippen molar-refractivity contribution in [3.05, 3.63) is 40.8 Å². The molecule has 0 bridgehead atoms. The molecule has 15 nitrogen and oxygen atoms in total. The Morgan fingerprint density at radius 1 is 1.32 bits per heavy atom. The average Bonchev–Trinajstić information content (AvgIpc) is 3.50. The molecule has 2 aliphatic heterocycles. The number of nitrogens with zero attached hydrogens (tertiary/aromatic N) is 5. The number of carbonyl (C=O) groups is 4. The monoisotopic (exact) mass is 618 g/mol. The van der Waals surface area contributed by atoms with Crippen LogP contribution in [0.4, 0.5) is 10.3 Å². The van der Waals surface area contributed by atoms with Crippen LogP contribution < -0.4 is 26.5 Å². The van der Waals surface area contributed by atoms with Crippen LogP contribution in [0, 0.1) is 0 Å². The van der Waals surface area contributed by atoms with E-state index in [9.17, 15) is 29.4 Å². The van der Waals surface area contributed by atoms with Crippen molar-refractivity contribution in [1.29, 1.82) is 0 Å². The molecule has 0 aromatic carbocycles. The third-order valence-electron chi connectivity index (χ3n) is 6.16. The summed E-state index contributed by atoms with van der Waals surface area (Å²) in [6, 6.07) is 0.719. The summed E-state index contributed by atoms with van der Waals surface area (Å²) >= 11 is 3.61. The molecule has 2 aliphatic rings. The van der Waals surface area contributed by atoms with Gasteiger partial charge >= 0.3 is 5.97 Å². The van der Waals surface area contributed by atoms with Crippen LogP contribution in [-0.4, -0.2) is 72.2 Å². The Hall–Kier alpha value is -4.29. The van der Waals surface area contributed by atoms with Crippen molar-refractivity contribution < 1.29 is 38.8 Å². The lowest BCUT2D eigenvalue weighted by atomic mass is 10.0. The number of β-lactam (4-membered cyclic amide) rings is 1. The molecule has 5 heterocycles. The van der Waals surface area contributed by atoms with Gasteiger partial charge in [-0.05, 0) is 13.8 Å². The number of fused-ring (bicyclic) bond motifs is 2. The van der Waals surface area contributed by atoms with E-state index in [2.05, 4.69) is 20.4 Å². The van der Waals surface area contributed by atoms with E-state index in [1.807, 2.05) is 6.07 Å². The number of anilines is 2. The van der Waals surface area contributed by atoms with Gasteiger partial charge in [0.2, 0.25) is 5.60 Å². The fourth-order valence-corrected chi connectivity index (χ4v) is 6.64. The van der Waals surface area contributed by atoms with Crippen molar-refractivity contribution in [2.45, 2.75) is 37.4 Å². The number of amides is 2. The summed E-state index contributed by atoms with van der Waals surface area (Å²) in [6.07, 6.45) is 3.50. The van der Waals surface area contributed by atoms with Gasteiger partial charge in [0.25, 0.3) is 11.8 Å². The Kier molecular flexibility index (Phi) is 7.30. The number of aliphatic carboxylic acids is 2. The SMILES string of the molecule is CC(C)(ON=C(C(=O)NC1C(=O)N2C(C(=O)[O-])=C(C[n+]3ccc4sc(N)nc4c3)CS[C@@H]12)c1csc(N)n1)C(=O)O. The predicted molar refractivity (Wildman–Crippen MR) is 147 cm³/mol. The number of nitrogens with two attached hydrogens (primary N) is 2. The van der Waals surface area contributed by atoms with Crippen LogP contribution in [0.5, 0.6) is 0 Å². The number of thiazole rings is 2. The van der Waals surface area contributed by atoms with Crippen molar-refractivity contribution in [2.24, 2.45) is 5.16 Å². The van der Waals surface area contributed by atoms with Gasteiger partial charge in [-0.2, -0.15) is 4.57 Å². The Morgan fingerprint density at radius 2 is 2.07 bits per heavy atom. The van der Waals surface area contributed by atoms with Crippen molar-refractivity contribution in [2.75, 3.05) is 17.2 Å². The van der Waals surface area contributed by atoms with E-state index in [0.717, 1.165) is 20.9 Å².